The Kier molecular flexibility index (Phi) is 7.63. The van der Waals surface area contributed by atoms with Crippen LogP contribution in [0.15, 0.2) is 0 Å². The predicted octanol–water partition coefficient (Wildman–Crippen LogP) is 2.92. The lowest BCUT2D eigenvalue weighted by molar-refractivity contribution is 0.0213. The molecular weight excluding hydrogens is 280 g/mol. The third-order valence-electron chi connectivity index (χ3n) is 4.12. The van der Waals surface area contributed by atoms with Gasteiger partial charge in [-0.05, 0) is 59.8 Å². The van der Waals surface area contributed by atoms with Gasteiger partial charge < -0.3 is 20.1 Å². The molecule has 3 unspecified atom stereocenters. The molecule has 0 aromatic rings. The number of carbonyl (C=O) groups excluding carboxylic acids is 1. The SMILES string of the molecule is CCC(CCO)NC(C)CC1CCCN1C(=O)OC(C)(C)C. The first-order chi connectivity index (χ1) is 10.3. The number of aliphatic hydroxyl groups is 1. The zero-order chi connectivity index (χ0) is 16.8. The molecule has 5 heteroatoms. The van der Waals surface area contributed by atoms with Crippen molar-refractivity contribution in [2.24, 2.45) is 0 Å². The van der Waals surface area contributed by atoms with Crippen LogP contribution in [0.2, 0.25) is 0 Å². The Morgan fingerprint density at radius 1 is 1.45 bits per heavy atom. The van der Waals surface area contributed by atoms with Crippen LogP contribution in [-0.4, -0.2) is 53.0 Å². The summed E-state index contributed by atoms with van der Waals surface area (Å²) >= 11 is 0. The van der Waals surface area contributed by atoms with E-state index in [4.69, 9.17) is 9.84 Å². The molecule has 1 saturated heterocycles. The first-order valence-electron chi connectivity index (χ1n) is 8.63. The summed E-state index contributed by atoms with van der Waals surface area (Å²) in [5.41, 5.74) is -0.442. The van der Waals surface area contributed by atoms with E-state index >= 15 is 0 Å². The van der Waals surface area contributed by atoms with Gasteiger partial charge in [-0.15, -0.1) is 0 Å². The predicted molar refractivity (Wildman–Crippen MR) is 89.0 cm³/mol. The van der Waals surface area contributed by atoms with Crippen LogP contribution in [0.5, 0.6) is 0 Å². The topological polar surface area (TPSA) is 61.8 Å². The van der Waals surface area contributed by atoms with E-state index in [1.54, 1.807) is 0 Å². The Balaban J connectivity index is 2.50. The summed E-state index contributed by atoms with van der Waals surface area (Å²) in [5.74, 6) is 0. The van der Waals surface area contributed by atoms with E-state index in [0.717, 1.165) is 38.6 Å². The number of nitrogens with zero attached hydrogens (tertiary/aromatic N) is 1. The van der Waals surface area contributed by atoms with Crippen molar-refractivity contribution in [2.75, 3.05) is 13.2 Å². The highest BCUT2D eigenvalue weighted by molar-refractivity contribution is 5.68. The van der Waals surface area contributed by atoms with Crippen molar-refractivity contribution in [1.82, 2.24) is 10.2 Å². The Morgan fingerprint density at radius 2 is 2.14 bits per heavy atom. The van der Waals surface area contributed by atoms with Gasteiger partial charge in [0.1, 0.15) is 5.60 Å². The lowest BCUT2D eigenvalue weighted by Gasteiger charge is -2.31. The van der Waals surface area contributed by atoms with Gasteiger partial charge in [-0.1, -0.05) is 6.92 Å². The van der Waals surface area contributed by atoms with E-state index in [2.05, 4.69) is 19.2 Å². The molecule has 0 spiro atoms. The van der Waals surface area contributed by atoms with Crippen LogP contribution in [0.25, 0.3) is 0 Å². The molecule has 1 heterocycles. The Bertz CT molecular complexity index is 341. The fourth-order valence-electron chi connectivity index (χ4n) is 3.08. The maximum Gasteiger partial charge on any atom is 0.410 e. The lowest BCUT2D eigenvalue weighted by atomic mass is 10.0. The summed E-state index contributed by atoms with van der Waals surface area (Å²) in [6.45, 7) is 11.0. The van der Waals surface area contributed by atoms with E-state index < -0.39 is 5.60 Å². The molecule has 1 aliphatic heterocycles. The standard InChI is InChI=1S/C17H34N2O3/c1-6-14(9-11-20)18-13(2)12-15-8-7-10-19(15)16(21)22-17(3,4)5/h13-15,18,20H,6-12H2,1-5H3. The van der Waals surface area contributed by atoms with E-state index in [-0.39, 0.29) is 18.7 Å². The maximum absolute atomic E-state index is 12.3. The third kappa shape index (κ3) is 6.53. The molecule has 0 aromatic heterocycles. The molecule has 22 heavy (non-hydrogen) atoms. The van der Waals surface area contributed by atoms with Gasteiger partial charge in [-0.2, -0.15) is 0 Å². The molecule has 3 atom stereocenters. The van der Waals surface area contributed by atoms with Crippen molar-refractivity contribution in [3.05, 3.63) is 0 Å². The molecule has 5 nitrogen and oxygen atoms in total. The second-order valence-electron chi connectivity index (χ2n) is 7.39. The minimum Gasteiger partial charge on any atom is -0.444 e. The summed E-state index contributed by atoms with van der Waals surface area (Å²) < 4.78 is 5.51. The van der Waals surface area contributed by atoms with Gasteiger partial charge in [0.25, 0.3) is 0 Å². The highest BCUT2D eigenvalue weighted by Crippen LogP contribution is 2.24. The zero-order valence-corrected chi connectivity index (χ0v) is 14.9. The molecule has 0 saturated carbocycles. The van der Waals surface area contributed by atoms with Crippen molar-refractivity contribution in [3.63, 3.8) is 0 Å². The normalized spacial score (nSPS) is 21.7. The van der Waals surface area contributed by atoms with Gasteiger partial charge in [0.15, 0.2) is 0 Å². The second kappa shape index (κ2) is 8.73. The smallest absolute Gasteiger partial charge is 0.410 e. The van der Waals surface area contributed by atoms with Crippen LogP contribution < -0.4 is 5.32 Å². The number of hydrogen-bond acceptors (Lipinski definition) is 4. The number of carbonyl (C=O) groups is 1. The number of aliphatic hydroxyl groups excluding tert-OH is 1. The van der Waals surface area contributed by atoms with E-state index in [0.29, 0.717) is 12.1 Å². The van der Waals surface area contributed by atoms with Crippen molar-refractivity contribution in [2.45, 2.75) is 90.4 Å². The van der Waals surface area contributed by atoms with E-state index in [9.17, 15) is 4.79 Å². The summed E-state index contributed by atoms with van der Waals surface area (Å²) in [5, 5.41) is 12.6. The highest BCUT2D eigenvalue weighted by Gasteiger charge is 2.33. The monoisotopic (exact) mass is 314 g/mol. The number of nitrogens with one attached hydrogen (secondary N) is 1. The van der Waals surface area contributed by atoms with Crippen molar-refractivity contribution in [1.29, 1.82) is 0 Å². The number of amides is 1. The summed E-state index contributed by atoms with van der Waals surface area (Å²) in [6, 6.07) is 0.921. The third-order valence-corrected chi connectivity index (χ3v) is 4.12. The molecule has 1 fully saturated rings. The average molecular weight is 314 g/mol. The number of rotatable bonds is 7. The van der Waals surface area contributed by atoms with Gasteiger partial charge in [0.2, 0.25) is 0 Å². The van der Waals surface area contributed by atoms with Crippen LogP contribution in [0.3, 0.4) is 0 Å². The summed E-state index contributed by atoms with van der Waals surface area (Å²) in [4.78, 5) is 14.2. The van der Waals surface area contributed by atoms with Crippen LogP contribution in [0, 0.1) is 0 Å². The maximum atomic E-state index is 12.3. The second-order valence-corrected chi connectivity index (χ2v) is 7.39. The van der Waals surface area contributed by atoms with Crippen LogP contribution in [0.1, 0.15) is 66.7 Å². The Labute approximate surface area is 135 Å². The molecule has 0 aromatic carbocycles. The van der Waals surface area contributed by atoms with E-state index in [1.165, 1.54) is 0 Å². The number of likely N-dealkylation sites (tertiary alicyclic amines) is 1. The molecule has 1 amide bonds. The fraction of sp³-hybridized carbons (Fsp3) is 0.941. The summed E-state index contributed by atoms with van der Waals surface area (Å²) in [6.07, 6.45) is 4.62. The molecule has 1 rings (SSSR count). The first kappa shape index (κ1) is 19.2. The summed E-state index contributed by atoms with van der Waals surface area (Å²) in [7, 11) is 0. The molecule has 2 N–H and O–H groups in total. The fourth-order valence-corrected chi connectivity index (χ4v) is 3.08. The molecule has 0 aliphatic carbocycles. The average Bonchev–Trinajstić information content (AvgIpc) is 2.84. The quantitative estimate of drug-likeness (QED) is 0.758. The van der Waals surface area contributed by atoms with Gasteiger partial charge in [0, 0.05) is 31.3 Å². The largest absolute Gasteiger partial charge is 0.444 e. The Hall–Kier alpha value is -0.810. The number of hydrogen-bond donors (Lipinski definition) is 2. The lowest BCUT2D eigenvalue weighted by Crippen LogP contribution is -2.44. The van der Waals surface area contributed by atoms with Crippen LogP contribution >= 0.6 is 0 Å². The minimum absolute atomic E-state index is 0.190. The first-order valence-corrected chi connectivity index (χ1v) is 8.63. The molecule has 130 valence electrons. The van der Waals surface area contributed by atoms with Crippen LogP contribution in [0.4, 0.5) is 4.79 Å². The molecule has 0 bridgehead atoms. The van der Waals surface area contributed by atoms with Gasteiger partial charge in [-0.3, -0.25) is 0 Å². The molecule has 1 aliphatic rings. The van der Waals surface area contributed by atoms with Crippen molar-refractivity contribution >= 4 is 6.09 Å². The highest BCUT2D eigenvalue weighted by atomic mass is 16.6. The van der Waals surface area contributed by atoms with Gasteiger partial charge >= 0.3 is 6.09 Å². The minimum atomic E-state index is -0.442. The van der Waals surface area contributed by atoms with Crippen molar-refractivity contribution < 1.29 is 14.6 Å². The Morgan fingerprint density at radius 3 is 2.68 bits per heavy atom. The van der Waals surface area contributed by atoms with Gasteiger partial charge in [-0.25, -0.2) is 4.79 Å². The number of ether oxygens (including phenoxy) is 1. The van der Waals surface area contributed by atoms with Gasteiger partial charge in [0.05, 0.1) is 0 Å². The molecular formula is C17H34N2O3. The van der Waals surface area contributed by atoms with E-state index in [1.807, 2.05) is 25.7 Å². The zero-order valence-electron chi connectivity index (χ0n) is 14.9. The van der Waals surface area contributed by atoms with Crippen molar-refractivity contribution in [3.8, 4) is 0 Å². The van der Waals surface area contributed by atoms with Crippen LogP contribution in [-0.2, 0) is 4.74 Å². The molecule has 0 radical (unpaired) electrons.